The number of hydrogen-bond donors (Lipinski definition) is 1. The van der Waals surface area contributed by atoms with Crippen molar-refractivity contribution in [3.63, 3.8) is 0 Å². The number of anilines is 1. The van der Waals surface area contributed by atoms with Gasteiger partial charge in [-0.2, -0.15) is 5.10 Å². The zero-order valence-corrected chi connectivity index (χ0v) is 17.1. The van der Waals surface area contributed by atoms with E-state index in [4.69, 9.17) is 16.3 Å². The number of carbonyl (C=O) groups excluding carboxylic acids is 2. The second-order valence-corrected chi connectivity index (χ2v) is 6.90. The molecule has 1 amide bonds. The normalized spacial score (nSPS) is 10.5. The first-order valence-corrected chi connectivity index (χ1v) is 9.39. The lowest BCUT2D eigenvalue weighted by Crippen LogP contribution is -2.17. The van der Waals surface area contributed by atoms with E-state index in [1.54, 1.807) is 43.3 Å². The van der Waals surface area contributed by atoms with Gasteiger partial charge in [0.1, 0.15) is 9.26 Å². The largest absolute Gasteiger partial charge is 0.462 e. The van der Waals surface area contributed by atoms with Crippen LogP contribution in [0.3, 0.4) is 0 Å². The van der Waals surface area contributed by atoms with E-state index in [1.807, 2.05) is 0 Å². The van der Waals surface area contributed by atoms with Crippen LogP contribution in [0.2, 0.25) is 5.02 Å². The molecule has 0 aliphatic heterocycles. The van der Waals surface area contributed by atoms with Crippen molar-refractivity contribution >= 4 is 51.8 Å². The molecule has 27 heavy (non-hydrogen) atoms. The molecule has 0 fully saturated rings. The fourth-order valence-corrected chi connectivity index (χ4v) is 2.71. The maximum Gasteiger partial charge on any atom is 0.342 e. The van der Waals surface area contributed by atoms with Crippen LogP contribution in [-0.2, 0) is 4.74 Å². The summed E-state index contributed by atoms with van der Waals surface area (Å²) in [6.07, 6.45) is 2.99. The van der Waals surface area contributed by atoms with Gasteiger partial charge in [-0.25, -0.2) is 14.5 Å². The fraction of sp³-hybridized carbons (Fsp3) is 0.111. The van der Waals surface area contributed by atoms with Gasteiger partial charge in [0, 0.05) is 11.2 Å². The Hall–Kier alpha value is -2.46. The van der Waals surface area contributed by atoms with Gasteiger partial charge in [0.15, 0.2) is 5.69 Å². The van der Waals surface area contributed by atoms with Crippen LogP contribution in [0.25, 0.3) is 5.69 Å². The minimum absolute atomic E-state index is 0.0399. The maximum absolute atomic E-state index is 12.7. The first-order chi connectivity index (χ1) is 13.0. The summed E-state index contributed by atoms with van der Waals surface area (Å²) in [4.78, 5) is 29.1. The van der Waals surface area contributed by atoms with E-state index in [0.29, 0.717) is 16.4 Å². The molecule has 0 bridgehead atoms. The highest BCUT2D eigenvalue weighted by Gasteiger charge is 2.24. The van der Waals surface area contributed by atoms with Crippen LogP contribution in [0, 0.1) is 3.70 Å². The van der Waals surface area contributed by atoms with Crippen LogP contribution in [0.5, 0.6) is 0 Å². The second kappa shape index (κ2) is 8.49. The third-order valence-electron chi connectivity index (χ3n) is 3.50. The summed E-state index contributed by atoms with van der Waals surface area (Å²) in [7, 11) is 0. The van der Waals surface area contributed by atoms with Crippen molar-refractivity contribution in [3.8, 4) is 5.69 Å². The average Bonchev–Trinajstić information content (AvgIpc) is 3.10. The van der Waals surface area contributed by atoms with Crippen molar-refractivity contribution < 1.29 is 14.3 Å². The molecular formula is C18H14ClIN4O3. The number of aromatic nitrogens is 3. The molecule has 3 rings (SSSR count). The van der Waals surface area contributed by atoms with Gasteiger partial charge < -0.3 is 10.1 Å². The SMILES string of the molecule is CCOC(=O)c1cn(-c2ccc(Cl)cc2)nc1C(=O)Nc1ccc(I)nc1. The number of nitrogens with zero attached hydrogens (tertiary/aromatic N) is 3. The van der Waals surface area contributed by atoms with E-state index in [9.17, 15) is 9.59 Å². The van der Waals surface area contributed by atoms with Crippen molar-refractivity contribution in [3.05, 3.63) is 68.8 Å². The Kier molecular flexibility index (Phi) is 6.07. The van der Waals surface area contributed by atoms with Crippen molar-refractivity contribution in [2.24, 2.45) is 0 Å². The molecule has 0 aliphatic rings. The van der Waals surface area contributed by atoms with Crippen LogP contribution in [0.1, 0.15) is 27.8 Å². The molecule has 0 unspecified atom stereocenters. The van der Waals surface area contributed by atoms with Gasteiger partial charge in [0.25, 0.3) is 5.91 Å². The highest BCUT2D eigenvalue weighted by molar-refractivity contribution is 14.1. The molecule has 0 saturated carbocycles. The quantitative estimate of drug-likeness (QED) is 0.328. The fourth-order valence-electron chi connectivity index (χ4n) is 2.27. The van der Waals surface area contributed by atoms with Crippen molar-refractivity contribution in [1.82, 2.24) is 14.8 Å². The molecule has 7 nitrogen and oxygen atoms in total. The van der Waals surface area contributed by atoms with Gasteiger partial charge in [0.2, 0.25) is 0 Å². The number of esters is 1. The standard InChI is InChI=1S/C18H14ClIN4O3/c1-2-27-18(26)14-10-24(13-6-3-11(19)4-7-13)23-16(14)17(25)22-12-5-8-15(20)21-9-12/h3-10H,2H2,1H3,(H,22,25). The highest BCUT2D eigenvalue weighted by Crippen LogP contribution is 2.18. The Morgan fingerprint density at radius 3 is 2.59 bits per heavy atom. The first-order valence-electron chi connectivity index (χ1n) is 7.93. The van der Waals surface area contributed by atoms with Crippen LogP contribution < -0.4 is 5.32 Å². The van der Waals surface area contributed by atoms with Gasteiger partial charge in [0.05, 0.1) is 24.2 Å². The minimum atomic E-state index is -0.622. The second-order valence-electron chi connectivity index (χ2n) is 5.36. The van der Waals surface area contributed by atoms with E-state index in [0.717, 1.165) is 3.70 Å². The number of halogens is 2. The smallest absolute Gasteiger partial charge is 0.342 e. The molecule has 0 spiro atoms. The number of benzene rings is 1. The summed E-state index contributed by atoms with van der Waals surface area (Å²) >= 11 is 7.97. The van der Waals surface area contributed by atoms with Crippen LogP contribution in [-0.4, -0.2) is 33.2 Å². The molecule has 0 saturated heterocycles. The third kappa shape index (κ3) is 4.64. The molecule has 0 aliphatic carbocycles. The van der Waals surface area contributed by atoms with E-state index < -0.39 is 11.9 Å². The Morgan fingerprint density at radius 1 is 1.22 bits per heavy atom. The summed E-state index contributed by atoms with van der Waals surface area (Å²) in [5.74, 6) is -1.16. The van der Waals surface area contributed by atoms with Crippen molar-refractivity contribution in [1.29, 1.82) is 0 Å². The van der Waals surface area contributed by atoms with Gasteiger partial charge in [-0.05, 0) is 65.9 Å². The number of nitrogens with one attached hydrogen (secondary N) is 1. The number of ether oxygens (including phenoxy) is 1. The molecule has 0 radical (unpaired) electrons. The lowest BCUT2D eigenvalue weighted by molar-refractivity contribution is 0.0523. The van der Waals surface area contributed by atoms with E-state index in [1.165, 1.54) is 17.1 Å². The lowest BCUT2D eigenvalue weighted by Gasteiger charge is -2.04. The van der Waals surface area contributed by atoms with Gasteiger partial charge in [-0.15, -0.1) is 0 Å². The monoisotopic (exact) mass is 496 g/mol. The Morgan fingerprint density at radius 2 is 1.96 bits per heavy atom. The van der Waals surface area contributed by atoms with Gasteiger partial charge in [-0.3, -0.25) is 4.79 Å². The van der Waals surface area contributed by atoms with E-state index >= 15 is 0 Å². The van der Waals surface area contributed by atoms with E-state index in [-0.39, 0.29) is 17.9 Å². The van der Waals surface area contributed by atoms with Gasteiger partial charge >= 0.3 is 5.97 Å². The van der Waals surface area contributed by atoms with Gasteiger partial charge in [-0.1, -0.05) is 11.6 Å². The molecule has 2 aromatic heterocycles. The van der Waals surface area contributed by atoms with Crippen molar-refractivity contribution in [2.45, 2.75) is 6.92 Å². The number of pyridine rings is 1. The molecule has 0 atom stereocenters. The zero-order valence-electron chi connectivity index (χ0n) is 14.1. The molecule has 1 N–H and O–H groups in total. The Bertz CT molecular complexity index is 971. The molecule has 9 heteroatoms. The topological polar surface area (TPSA) is 86.1 Å². The van der Waals surface area contributed by atoms with Crippen LogP contribution in [0.4, 0.5) is 5.69 Å². The molecular weight excluding hydrogens is 483 g/mol. The van der Waals surface area contributed by atoms with E-state index in [2.05, 4.69) is 38.0 Å². The molecule has 3 aromatic rings. The highest BCUT2D eigenvalue weighted by atomic mass is 127. The summed E-state index contributed by atoms with van der Waals surface area (Å²) in [5, 5.41) is 7.52. The summed E-state index contributed by atoms with van der Waals surface area (Å²) in [6.45, 7) is 1.88. The number of amides is 1. The molecule has 1 aromatic carbocycles. The minimum Gasteiger partial charge on any atom is -0.462 e. The summed E-state index contributed by atoms with van der Waals surface area (Å²) < 4.78 is 7.28. The number of rotatable bonds is 5. The van der Waals surface area contributed by atoms with Crippen LogP contribution in [0.15, 0.2) is 48.8 Å². The predicted molar refractivity (Wildman–Crippen MR) is 109 cm³/mol. The Labute approximate surface area is 173 Å². The number of hydrogen-bond acceptors (Lipinski definition) is 5. The molecule has 2 heterocycles. The predicted octanol–water partition coefficient (Wildman–Crippen LogP) is 3.95. The van der Waals surface area contributed by atoms with Crippen LogP contribution >= 0.6 is 34.2 Å². The third-order valence-corrected chi connectivity index (χ3v) is 4.39. The maximum atomic E-state index is 12.7. The summed E-state index contributed by atoms with van der Waals surface area (Å²) in [6, 6.07) is 10.3. The van der Waals surface area contributed by atoms with Crippen molar-refractivity contribution in [2.75, 3.05) is 11.9 Å². The summed E-state index contributed by atoms with van der Waals surface area (Å²) in [5.41, 5.74) is 1.18. The number of carbonyl (C=O) groups is 2. The zero-order chi connectivity index (χ0) is 19.4. The lowest BCUT2D eigenvalue weighted by atomic mass is 10.2. The Balaban J connectivity index is 1.96. The molecule has 138 valence electrons. The average molecular weight is 497 g/mol. The first kappa shape index (κ1) is 19.3.